The molecule has 7 heteroatoms. The first kappa shape index (κ1) is 21.6. The van der Waals surface area contributed by atoms with E-state index in [1.807, 2.05) is 72.3 Å². The average molecular weight is 432 g/mol. The molecule has 0 spiro atoms. The number of amides is 3. The van der Waals surface area contributed by atoms with Gasteiger partial charge in [-0.15, -0.1) is 0 Å². The predicted octanol–water partition coefficient (Wildman–Crippen LogP) is 3.93. The molecule has 1 aromatic heterocycles. The minimum absolute atomic E-state index is 0.0717. The number of carbonyl (C=O) groups excluding carboxylic acids is 2. The van der Waals surface area contributed by atoms with E-state index in [1.54, 1.807) is 11.1 Å². The third kappa shape index (κ3) is 5.55. The lowest BCUT2D eigenvalue weighted by atomic mass is 10.0. The Kier molecular flexibility index (Phi) is 6.84. The van der Waals surface area contributed by atoms with E-state index in [-0.39, 0.29) is 18.0 Å². The van der Waals surface area contributed by atoms with Crippen LogP contribution in [-0.4, -0.2) is 45.8 Å². The highest BCUT2D eigenvalue weighted by molar-refractivity contribution is 5.89. The summed E-state index contributed by atoms with van der Waals surface area (Å²) in [4.78, 5) is 26.8. The molecular formula is C25H29N5O2. The van der Waals surface area contributed by atoms with Crippen molar-refractivity contribution in [2.45, 2.75) is 38.6 Å². The summed E-state index contributed by atoms with van der Waals surface area (Å²) in [5.74, 6) is 0.0717. The van der Waals surface area contributed by atoms with E-state index in [9.17, 15) is 9.59 Å². The van der Waals surface area contributed by atoms with E-state index < -0.39 is 0 Å². The molecule has 7 nitrogen and oxygen atoms in total. The van der Waals surface area contributed by atoms with Gasteiger partial charge in [0.25, 0.3) is 0 Å². The van der Waals surface area contributed by atoms with Gasteiger partial charge in [-0.1, -0.05) is 36.4 Å². The summed E-state index contributed by atoms with van der Waals surface area (Å²) in [6.07, 6.45) is 4.50. The fraction of sp³-hybridized carbons (Fsp3) is 0.320. The quantitative estimate of drug-likeness (QED) is 0.621. The van der Waals surface area contributed by atoms with E-state index in [0.717, 1.165) is 36.3 Å². The Morgan fingerprint density at radius 3 is 2.53 bits per heavy atom. The fourth-order valence-corrected chi connectivity index (χ4v) is 3.99. The number of nitrogens with zero attached hydrogens (tertiary/aromatic N) is 3. The zero-order valence-electron chi connectivity index (χ0n) is 18.3. The summed E-state index contributed by atoms with van der Waals surface area (Å²) >= 11 is 0. The van der Waals surface area contributed by atoms with Crippen LogP contribution in [0.5, 0.6) is 0 Å². The van der Waals surface area contributed by atoms with Gasteiger partial charge in [0, 0.05) is 43.1 Å². The normalized spacial score (nSPS) is 14.2. The van der Waals surface area contributed by atoms with Crippen molar-refractivity contribution >= 4 is 17.6 Å². The maximum atomic E-state index is 12.7. The van der Waals surface area contributed by atoms with E-state index in [4.69, 9.17) is 0 Å². The second-order valence-corrected chi connectivity index (χ2v) is 8.18. The molecule has 166 valence electrons. The Balaban J connectivity index is 1.23. The first-order chi connectivity index (χ1) is 15.6. The molecule has 0 saturated carbocycles. The second-order valence-electron chi connectivity index (χ2n) is 8.18. The highest BCUT2D eigenvalue weighted by Crippen LogP contribution is 2.18. The lowest BCUT2D eigenvalue weighted by Gasteiger charge is -2.32. The lowest BCUT2D eigenvalue weighted by molar-refractivity contribution is -0.122. The first-order valence-corrected chi connectivity index (χ1v) is 11.1. The molecule has 0 bridgehead atoms. The maximum absolute atomic E-state index is 12.7. The summed E-state index contributed by atoms with van der Waals surface area (Å²) in [7, 11) is 0. The van der Waals surface area contributed by atoms with Crippen LogP contribution < -0.4 is 10.6 Å². The van der Waals surface area contributed by atoms with Crippen LogP contribution in [0.1, 0.15) is 30.5 Å². The third-order valence-electron chi connectivity index (χ3n) is 5.80. The molecule has 2 N–H and O–H groups in total. The minimum Gasteiger partial charge on any atom is -0.353 e. The fourth-order valence-electron chi connectivity index (χ4n) is 3.99. The van der Waals surface area contributed by atoms with Gasteiger partial charge >= 0.3 is 6.03 Å². The third-order valence-corrected chi connectivity index (χ3v) is 5.80. The van der Waals surface area contributed by atoms with Gasteiger partial charge in [-0.25, -0.2) is 9.48 Å². The Morgan fingerprint density at radius 1 is 1.03 bits per heavy atom. The van der Waals surface area contributed by atoms with E-state index in [2.05, 4.69) is 15.7 Å². The maximum Gasteiger partial charge on any atom is 0.321 e. The summed E-state index contributed by atoms with van der Waals surface area (Å²) in [5, 5.41) is 10.4. The Bertz CT molecular complexity index is 1050. The van der Waals surface area contributed by atoms with Crippen molar-refractivity contribution < 1.29 is 9.59 Å². The molecule has 2 heterocycles. The average Bonchev–Trinajstić information content (AvgIpc) is 3.25. The molecule has 0 aliphatic carbocycles. The molecule has 32 heavy (non-hydrogen) atoms. The van der Waals surface area contributed by atoms with Gasteiger partial charge in [-0.3, -0.25) is 4.79 Å². The van der Waals surface area contributed by atoms with E-state index >= 15 is 0 Å². The van der Waals surface area contributed by atoms with Crippen molar-refractivity contribution in [3.63, 3.8) is 0 Å². The smallest absolute Gasteiger partial charge is 0.321 e. The molecule has 3 aromatic rings. The van der Waals surface area contributed by atoms with Gasteiger partial charge in [0.05, 0.1) is 5.69 Å². The SMILES string of the molecule is Cc1ccnn1-c1cccc(NC(=O)N2CCC(NC(=O)CCc3ccccc3)CC2)c1. The molecule has 2 aromatic carbocycles. The summed E-state index contributed by atoms with van der Waals surface area (Å²) in [6.45, 7) is 3.23. The number of anilines is 1. The number of aromatic nitrogens is 2. The Hall–Kier alpha value is -3.61. The largest absolute Gasteiger partial charge is 0.353 e. The summed E-state index contributed by atoms with van der Waals surface area (Å²) in [6, 6.07) is 19.6. The van der Waals surface area contributed by atoms with Crippen molar-refractivity contribution in [2.24, 2.45) is 0 Å². The molecule has 0 unspecified atom stereocenters. The van der Waals surface area contributed by atoms with Gasteiger partial charge in [-0.2, -0.15) is 5.10 Å². The number of likely N-dealkylation sites (tertiary alicyclic amines) is 1. The number of aryl methyl sites for hydroxylation is 2. The highest BCUT2D eigenvalue weighted by Gasteiger charge is 2.24. The first-order valence-electron chi connectivity index (χ1n) is 11.1. The van der Waals surface area contributed by atoms with Crippen molar-refractivity contribution in [1.82, 2.24) is 20.0 Å². The number of urea groups is 1. The zero-order valence-corrected chi connectivity index (χ0v) is 18.3. The van der Waals surface area contributed by atoms with E-state index in [1.165, 1.54) is 5.56 Å². The van der Waals surface area contributed by atoms with Crippen LogP contribution in [0.4, 0.5) is 10.5 Å². The Morgan fingerprint density at radius 2 is 1.81 bits per heavy atom. The van der Waals surface area contributed by atoms with Crippen LogP contribution in [-0.2, 0) is 11.2 Å². The van der Waals surface area contributed by atoms with Gasteiger partial charge in [0.15, 0.2) is 0 Å². The van der Waals surface area contributed by atoms with Crippen LogP contribution in [0, 0.1) is 6.92 Å². The number of nitrogens with one attached hydrogen (secondary N) is 2. The summed E-state index contributed by atoms with van der Waals surface area (Å²) < 4.78 is 1.83. The standard InChI is InChI=1S/C25H29N5O2/c1-19-12-15-26-30(19)23-9-5-8-22(18-23)28-25(32)29-16-13-21(14-17-29)27-24(31)11-10-20-6-3-2-4-7-20/h2-9,12,15,18,21H,10-11,13-14,16-17H2,1H3,(H,27,31)(H,28,32). The van der Waals surface area contributed by atoms with Crippen LogP contribution in [0.25, 0.3) is 5.69 Å². The molecule has 3 amide bonds. The number of benzene rings is 2. The Labute approximate surface area is 188 Å². The molecule has 4 rings (SSSR count). The van der Waals surface area contributed by atoms with Crippen LogP contribution in [0.15, 0.2) is 66.9 Å². The number of piperidine rings is 1. The van der Waals surface area contributed by atoms with Crippen LogP contribution in [0.2, 0.25) is 0 Å². The second kappa shape index (κ2) is 10.1. The van der Waals surface area contributed by atoms with Gasteiger partial charge < -0.3 is 15.5 Å². The number of carbonyl (C=O) groups is 2. The number of rotatable bonds is 6. The molecular weight excluding hydrogens is 402 g/mol. The van der Waals surface area contributed by atoms with Gasteiger partial charge in [-0.05, 0) is 56.0 Å². The topological polar surface area (TPSA) is 79.3 Å². The molecule has 0 radical (unpaired) electrons. The monoisotopic (exact) mass is 431 g/mol. The van der Waals surface area contributed by atoms with E-state index in [0.29, 0.717) is 19.5 Å². The number of hydrogen-bond acceptors (Lipinski definition) is 3. The van der Waals surface area contributed by atoms with Gasteiger partial charge in [0.2, 0.25) is 5.91 Å². The van der Waals surface area contributed by atoms with Crippen molar-refractivity contribution in [1.29, 1.82) is 0 Å². The lowest BCUT2D eigenvalue weighted by Crippen LogP contribution is -2.47. The molecule has 1 aliphatic rings. The number of hydrogen-bond donors (Lipinski definition) is 2. The molecule has 1 fully saturated rings. The zero-order chi connectivity index (χ0) is 22.3. The van der Waals surface area contributed by atoms with Crippen molar-refractivity contribution in [3.8, 4) is 5.69 Å². The van der Waals surface area contributed by atoms with Gasteiger partial charge in [0.1, 0.15) is 0 Å². The van der Waals surface area contributed by atoms with Crippen LogP contribution in [0.3, 0.4) is 0 Å². The molecule has 1 aliphatic heterocycles. The highest BCUT2D eigenvalue weighted by atomic mass is 16.2. The van der Waals surface area contributed by atoms with Crippen molar-refractivity contribution in [3.05, 3.63) is 78.1 Å². The summed E-state index contributed by atoms with van der Waals surface area (Å²) in [5.41, 5.74) is 3.84. The molecule has 0 atom stereocenters. The van der Waals surface area contributed by atoms with Crippen molar-refractivity contribution in [2.75, 3.05) is 18.4 Å². The van der Waals surface area contributed by atoms with Crippen LogP contribution >= 0.6 is 0 Å². The minimum atomic E-state index is -0.117. The molecule has 1 saturated heterocycles. The predicted molar refractivity (Wildman–Crippen MR) is 125 cm³/mol.